The van der Waals surface area contributed by atoms with E-state index in [-0.39, 0.29) is 5.92 Å². The molecule has 1 aliphatic carbocycles. The molecular formula is C16H22O5. The van der Waals surface area contributed by atoms with Crippen molar-refractivity contribution in [3.63, 3.8) is 0 Å². The van der Waals surface area contributed by atoms with Crippen molar-refractivity contribution in [1.82, 2.24) is 0 Å². The van der Waals surface area contributed by atoms with Crippen molar-refractivity contribution >= 4 is 5.97 Å². The molecule has 2 N–H and O–H groups in total. The van der Waals surface area contributed by atoms with Crippen LogP contribution < -0.4 is 9.47 Å². The molecule has 0 aliphatic heterocycles. The molecule has 0 spiro atoms. The molecule has 3 atom stereocenters. The van der Waals surface area contributed by atoms with Crippen molar-refractivity contribution in [3.05, 3.63) is 23.8 Å². The van der Waals surface area contributed by atoms with E-state index in [2.05, 4.69) is 0 Å². The molecule has 116 valence electrons. The number of ether oxygens (including phenoxy) is 2. The fraction of sp³-hybridized carbons (Fsp3) is 0.562. The molecule has 21 heavy (non-hydrogen) atoms. The average molecular weight is 294 g/mol. The van der Waals surface area contributed by atoms with E-state index < -0.39 is 18.0 Å². The van der Waals surface area contributed by atoms with Gasteiger partial charge in [0.15, 0.2) is 11.5 Å². The molecule has 0 bridgehead atoms. The summed E-state index contributed by atoms with van der Waals surface area (Å²) in [6.07, 6.45) is 2.42. The first-order valence-corrected chi connectivity index (χ1v) is 7.21. The summed E-state index contributed by atoms with van der Waals surface area (Å²) < 4.78 is 10.4. The molecule has 0 radical (unpaired) electrons. The maximum atomic E-state index is 11.4. The second-order valence-corrected chi connectivity index (χ2v) is 5.45. The molecular weight excluding hydrogens is 272 g/mol. The van der Waals surface area contributed by atoms with Gasteiger partial charge in [-0.25, -0.2) is 0 Å². The zero-order valence-corrected chi connectivity index (χ0v) is 12.4. The molecule has 1 fully saturated rings. The van der Waals surface area contributed by atoms with Gasteiger partial charge in [-0.2, -0.15) is 0 Å². The van der Waals surface area contributed by atoms with E-state index in [1.165, 1.54) is 7.11 Å². The highest BCUT2D eigenvalue weighted by molar-refractivity contribution is 5.70. The molecule has 1 saturated carbocycles. The molecule has 0 aromatic heterocycles. The molecule has 0 saturated heterocycles. The highest BCUT2D eigenvalue weighted by Crippen LogP contribution is 2.40. The zero-order valence-electron chi connectivity index (χ0n) is 12.4. The predicted molar refractivity (Wildman–Crippen MR) is 77.6 cm³/mol. The summed E-state index contributed by atoms with van der Waals surface area (Å²) in [7, 11) is 3.09. The van der Waals surface area contributed by atoms with Gasteiger partial charge in [0, 0.05) is 5.92 Å². The smallest absolute Gasteiger partial charge is 0.306 e. The molecule has 1 aromatic rings. The Balaban J connectivity index is 2.25. The van der Waals surface area contributed by atoms with Gasteiger partial charge < -0.3 is 19.7 Å². The molecule has 1 aliphatic rings. The first kappa shape index (κ1) is 15.6. The minimum Gasteiger partial charge on any atom is -0.493 e. The monoisotopic (exact) mass is 294 g/mol. The highest BCUT2D eigenvalue weighted by atomic mass is 16.5. The molecule has 3 unspecified atom stereocenters. The molecule has 0 heterocycles. The van der Waals surface area contributed by atoms with Gasteiger partial charge in [-0.15, -0.1) is 0 Å². The lowest BCUT2D eigenvalue weighted by Crippen LogP contribution is -2.31. The van der Waals surface area contributed by atoms with Gasteiger partial charge in [-0.05, 0) is 30.5 Å². The Hall–Kier alpha value is -1.75. The lowest BCUT2D eigenvalue weighted by molar-refractivity contribution is -0.147. The molecule has 0 amide bonds. The molecule has 2 rings (SSSR count). The average Bonchev–Trinajstić information content (AvgIpc) is 2.53. The van der Waals surface area contributed by atoms with Gasteiger partial charge in [0.1, 0.15) is 0 Å². The highest BCUT2D eigenvalue weighted by Gasteiger charge is 2.36. The van der Waals surface area contributed by atoms with Crippen molar-refractivity contribution in [3.8, 4) is 11.5 Å². The lowest BCUT2D eigenvalue weighted by Gasteiger charge is -2.32. The summed E-state index contributed by atoms with van der Waals surface area (Å²) in [5.74, 6) is -0.431. The Morgan fingerprint density at radius 1 is 1.19 bits per heavy atom. The summed E-state index contributed by atoms with van der Waals surface area (Å²) in [6.45, 7) is 0. The van der Waals surface area contributed by atoms with Gasteiger partial charge in [0.05, 0.1) is 26.2 Å². The lowest BCUT2D eigenvalue weighted by atomic mass is 9.74. The zero-order chi connectivity index (χ0) is 15.4. The van der Waals surface area contributed by atoms with Crippen LogP contribution in [0.2, 0.25) is 0 Å². The second-order valence-electron chi connectivity index (χ2n) is 5.45. The van der Waals surface area contributed by atoms with Crippen molar-refractivity contribution in [2.45, 2.75) is 31.8 Å². The van der Waals surface area contributed by atoms with Crippen LogP contribution in [-0.2, 0) is 4.79 Å². The first-order chi connectivity index (χ1) is 10.1. The number of benzene rings is 1. The first-order valence-electron chi connectivity index (χ1n) is 7.21. The normalized spacial score (nSPS) is 23.4. The van der Waals surface area contributed by atoms with E-state index in [4.69, 9.17) is 9.47 Å². The van der Waals surface area contributed by atoms with Crippen LogP contribution in [0.5, 0.6) is 11.5 Å². The van der Waals surface area contributed by atoms with Crippen molar-refractivity contribution in [2.24, 2.45) is 11.8 Å². The van der Waals surface area contributed by atoms with Crippen LogP contribution in [0.1, 0.15) is 37.4 Å². The summed E-state index contributed by atoms with van der Waals surface area (Å²) in [5.41, 5.74) is 0.672. The standard InChI is InChI=1S/C16H22O5/c1-20-13-8-7-10(9-14(13)21-2)15(17)11-5-3-4-6-12(11)16(18)19/h7-9,11-12,15,17H,3-6H2,1-2H3,(H,18,19). The van der Waals surface area contributed by atoms with E-state index in [0.717, 1.165) is 19.3 Å². The third kappa shape index (κ3) is 3.29. The van der Waals surface area contributed by atoms with Crippen LogP contribution in [0.25, 0.3) is 0 Å². The summed E-state index contributed by atoms with van der Waals surface area (Å²) in [5, 5.41) is 19.9. The van der Waals surface area contributed by atoms with Crippen LogP contribution >= 0.6 is 0 Å². The predicted octanol–water partition coefficient (Wildman–Crippen LogP) is 2.63. The Kier molecular flexibility index (Phi) is 5.07. The number of aliphatic carboxylic acids is 1. The maximum Gasteiger partial charge on any atom is 0.306 e. The Morgan fingerprint density at radius 3 is 2.48 bits per heavy atom. The van der Waals surface area contributed by atoms with Crippen molar-refractivity contribution in [1.29, 1.82) is 0 Å². The van der Waals surface area contributed by atoms with Gasteiger partial charge in [-0.1, -0.05) is 18.9 Å². The van der Waals surface area contributed by atoms with Crippen molar-refractivity contribution < 1.29 is 24.5 Å². The Bertz CT molecular complexity index is 499. The number of carbonyl (C=O) groups is 1. The maximum absolute atomic E-state index is 11.4. The minimum absolute atomic E-state index is 0.255. The third-order valence-electron chi connectivity index (χ3n) is 4.29. The quantitative estimate of drug-likeness (QED) is 0.873. The number of rotatable bonds is 5. The second kappa shape index (κ2) is 6.80. The fourth-order valence-corrected chi connectivity index (χ4v) is 3.13. The third-order valence-corrected chi connectivity index (χ3v) is 4.29. The number of aliphatic hydroxyl groups excluding tert-OH is 1. The Morgan fingerprint density at radius 2 is 1.86 bits per heavy atom. The van der Waals surface area contributed by atoms with Gasteiger partial charge in [0.2, 0.25) is 0 Å². The van der Waals surface area contributed by atoms with E-state index in [0.29, 0.717) is 23.5 Å². The number of carboxylic acid groups (broad SMARTS) is 1. The SMILES string of the molecule is COc1ccc(C(O)C2CCCCC2C(=O)O)cc1OC. The molecule has 1 aromatic carbocycles. The molecule has 5 heteroatoms. The van der Waals surface area contributed by atoms with Gasteiger partial charge >= 0.3 is 5.97 Å². The van der Waals surface area contributed by atoms with Crippen LogP contribution in [0.3, 0.4) is 0 Å². The summed E-state index contributed by atoms with van der Waals surface area (Å²) >= 11 is 0. The van der Waals surface area contributed by atoms with Crippen molar-refractivity contribution in [2.75, 3.05) is 14.2 Å². The number of methoxy groups -OCH3 is 2. The molecule has 5 nitrogen and oxygen atoms in total. The van der Waals surface area contributed by atoms with E-state index >= 15 is 0 Å². The largest absolute Gasteiger partial charge is 0.493 e. The number of aliphatic hydroxyl groups is 1. The number of hydrogen-bond donors (Lipinski definition) is 2. The number of hydrogen-bond acceptors (Lipinski definition) is 4. The number of carboxylic acids is 1. The van der Waals surface area contributed by atoms with Crippen LogP contribution in [0, 0.1) is 11.8 Å². The van der Waals surface area contributed by atoms with Crippen LogP contribution in [0.4, 0.5) is 0 Å². The van der Waals surface area contributed by atoms with E-state index in [1.807, 2.05) is 0 Å². The Labute approximate surface area is 124 Å². The summed E-state index contributed by atoms with van der Waals surface area (Å²) in [4.78, 5) is 11.4. The van der Waals surface area contributed by atoms with Crippen LogP contribution in [-0.4, -0.2) is 30.4 Å². The van der Waals surface area contributed by atoms with E-state index in [9.17, 15) is 15.0 Å². The topological polar surface area (TPSA) is 76.0 Å². The summed E-state index contributed by atoms with van der Waals surface area (Å²) in [6, 6.07) is 5.21. The van der Waals surface area contributed by atoms with Crippen LogP contribution in [0.15, 0.2) is 18.2 Å². The fourth-order valence-electron chi connectivity index (χ4n) is 3.13. The minimum atomic E-state index is -0.820. The van der Waals surface area contributed by atoms with E-state index in [1.54, 1.807) is 25.3 Å². The van der Waals surface area contributed by atoms with Gasteiger partial charge in [-0.3, -0.25) is 4.79 Å². The van der Waals surface area contributed by atoms with Gasteiger partial charge in [0.25, 0.3) is 0 Å².